The lowest BCUT2D eigenvalue weighted by atomic mass is 9.84. The number of amides is 3. The van der Waals surface area contributed by atoms with E-state index in [0.29, 0.717) is 22.9 Å². The zero-order valence-electron chi connectivity index (χ0n) is 17.9. The Hall–Kier alpha value is -3.03. The minimum absolute atomic E-state index is 0. The number of nitrogens with zero attached hydrogens (tertiary/aromatic N) is 1. The van der Waals surface area contributed by atoms with Crippen LogP contribution in [0.3, 0.4) is 0 Å². The quantitative estimate of drug-likeness (QED) is 0.554. The van der Waals surface area contributed by atoms with Crippen molar-refractivity contribution in [2.24, 2.45) is 5.92 Å². The van der Waals surface area contributed by atoms with Gasteiger partial charge in [-0.15, -0.1) is 12.4 Å². The summed E-state index contributed by atoms with van der Waals surface area (Å²) in [5.41, 5.74) is 2.96. The van der Waals surface area contributed by atoms with Crippen molar-refractivity contribution in [3.63, 3.8) is 0 Å². The molecular formula is C24H27ClN4O3. The highest BCUT2D eigenvalue weighted by atomic mass is 35.5. The van der Waals surface area contributed by atoms with Crippen LogP contribution in [0.25, 0.3) is 22.1 Å². The largest absolute Gasteiger partial charge is 0.450 e. The first-order valence-electron chi connectivity index (χ1n) is 10.8. The average Bonchev–Trinajstić information content (AvgIpc) is 3.25. The minimum atomic E-state index is -0.295. The number of hydrogen-bond acceptors (Lipinski definition) is 4. The van der Waals surface area contributed by atoms with Crippen molar-refractivity contribution < 1.29 is 14.0 Å². The van der Waals surface area contributed by atoms with Crippen LogP contribution in [0.2, 0.25) is 0 Å². The van der Waals surface area contributed by atoms with Crippen molar-refractivity contribution in [2.75, 3.05) is 32.0 Å². The molecule has 0 aliphatic carbocycles. The van der Waals surface area contributed by atoms with Crippen LogP contribution < -0.4 is 16.0 Å². The number of piperidine rings is 3. The van der Waals surface area contributed by atoms with Gasteiger partial charge in [0.1, 0.15) is 5.58 Å². The molecule has 0 radical (unpaired) electrons. The molecule has 3 saturated heterocycles. The lowest BCUT2D eigenvalue weighted by Gasteiger charge is -2.44. The predicted molar refractivity (Wildman–Crippen MR) is 127 cm³/mol. The summed E-state index contributed by atoms with van der Waals surface area (Å²) in [5.74, 6) is 0.699. The van der Waals surface area contributed by atoms with Gasteiger partial charge in [0.25, 0.3) is 5.91 Å². The molecule has 3 aromatic rings. The molecule has 32 heavy (non-hydrogen) atoms. The van der Waals surface area contributed by atoms with Gasteiger partial charge >= 0.3 is 6.03 Å². The van der Waals surface area contributed by atoms with Gasteiger partial charge in [-0.05, 0) is 44.0 Å². The molecule has 1 atom stereocenters. The van der Waals surface area contributed by atoms with E-state index in [0.717, 1.165) is 49.0 Å². The fraction of sp³-hybridized carbons (Fsp3) is 0.333. The van der Waals surface area contributed by atoms with Crippen LogP contribution in [0.1, 0.15) is 23.4 Å². The predicted octanol–water partition coefficient (Wildman–Crippen LogP) is 4.10. The molecule has 0 saturated carbocycles. The second kappa shape index (κ2) is 9.22. The Kier molecular flexibility index (Phi) is 6.39. The number of nitrogens with one attached hydrogen (secondary N) is 3. The highest BCUT2D eigenvalue weighted by Gasteiger charge is 2.35. The van der Waals surface area contributed by atoms with E-state index >= 15 is 0 Å². The van der Waals surface area contributed by atoms with E-state index in [-0.39, 0.29) is 30.4 Å². The van der Waals surface area contributed by atoms with Gasteiger partial charge in [-0.3, -0.25) is 4.79 Å². The van der Waals surface area contributed by atoms with Crippen molar-refractivity contribution in [1.82, 2.24) is 15.5 Å². The molecule has 2 bridgehead atoms. The first-order chi connectivity index (χ1) is 15.1. The highest BCUT2D eigenvalue weighted by Crippen LogP contribution is 2.35. The van der Waals surface area contributed by atoms with Gasteiger partial charge < -0.3 is 25.3 Å². The van der Waals surface area contributed by atoms with Gasteiger partial charge in [-0.1, -0.05) is 36.4 Å². The number of urea groups is 1. The second-order valence-electron chi connectivity index (χ2n) is 8.30. The van der Waals surface area contributed by atoms with E-state index in [1.54, 1.807) is 13.1 Å². The van der Waals surface area contributed by atoms with E-state index < -0.39 is 0 Å². The first-order valence-corrected chi connectivity index (χ1v) is 10.8. The Morgan fingerprint density at radius 3 is 2.50 bits per heavy atom. The molecule has 0 unspecified atom stereocenters. The van der Waals surface area contributed by atoms with Crippen LogP contribution >= 0.6 is 12.4 Å². The standard InChI is InChI=1S/C24H26N4O3.ClH/c1-25-24(30)27-19-8-3-2-6-17(19)18-7-4-5-16-13-21(31-22(16)18)23(29)26-20-14-28-11-9-15(20)10-12-28;/h2-8,13,15,20H,9-12,14H2,1H3,(H,26,29)(H2,25,27,30);1H/t20-;/m0./s1. The summed E-state index contributed by atoms with van der Waals surface area (Å²) in [4.78, 5) is 27.2. The smallest absolute Gasteiger partial charge is 0.318 e. The number of fused-ring (bicyclic) bond motifs is 4. The van der Waals surface area contributed by atoms with Gasteiger partial charge in [-0.25, -0.2) is 4.79 Å². The van der Waals surface area contributed by atoms with Crippen molar-refractivity contribution in [3.8, 4) is 11.1 Å². The molecule has 7 nitrogen and oxygen atoms in total. The van der Waals surface area contributed by atoms with Crippen molar-refractivity contribution >= 4 is 41.0 Å². The number of benzene rings is 2. The molecule has 6 rings (SSSR count). The fourth-order valence-electron chi connectivity index (χ4n) is 4.77. The van der Waals surface area contributed by atoms with Gasteiger partial charge in [0.2, 0.25) is 0 Å². The van der Waals surface area contributed by atoms with E-state index in [2.05, 4.69) is 20.9 Å². The second-order valence-corrected chi connectivity index (χ2v) is 8.30. The van der Waals surface area contributed by atoms with Crippen LogP contribution in [-0.2, 0) is 0 Å². The Morgan fingerprint density at radius 2 is 1.78 bits per heavy atom. The van der Waals surface area contributed by atoms with Crippen molar-refractivity contribution in [1.29, 1.82) is 0 Å². The third-order valence-corrected chi connectivity index (χ3v) is 6.43. The number of hydrogen-bond donors (Lipinski definition) is 3. The molecule has 2 aromatic carbocycles. The average molecular weight is 455 g/mol. The van der Waals surface area contributed by atoms with Gasteiger partial charge in [0.05, 0.1) is 5.69 Å². The van der Waals surface area contributed by atoms with Crippen molar-refractivity contribution in [2.45, 2.75) is 18.9 Å². The Labute approximate surface area is 192 Å². The molecule has 8 heteroatoms. The van der Waals surface area contributed by atoms with Crippen LogP contribution in [-0.4, -0.2) is 49.6 Å². The van der Waals surface area contributed by atoms with Gasteiger partial charge in [-0.2, -0.15) is 0 Å². The maximum Gasteiger partial charge on any atom is 0.318 e. The number of furan rings is 1. The highest BCUT2D eigenvalue weighted by molar-refractivity contribution is 6.03. The van der Waals surface area contributed by atoms with Gasteiger partial charge in [0.15, 0.2) is 5.76 Å². The van der Waals surface area contributed by atoms with E-state index in [9.17, 15) is 9.59 Å². The molecule has 3 fully saturated rings. The zero-order valence-corrected chi connectivity index (χ0v) is 18.7. The summed E-state index contributed by atoms with van der Waals surface area (Å²) < 4.78 is 6.07. The number of anilines is 1. The lowest BCUT2D eigenvalue weighted by molar-refractivity contribution is 0.0607. The lowest BCUT2D eigenvalue weighted by Crippen LogP contribution is -2.57. The Balaban J connectivity index is 0.00000245. The summed E-state index contributed by atoms with van der Waals surface area (Å²) in [7, 11) is 1.57. The van der Waals surface area contributed by atoms with E-state index in [4.69, 9.17) is 4.42 Å². The molecule has 3 aliphatic rings. The maximum absolute atomic E-state index is 13.0. The minimum Gasteiger partial charge on any atom is -0.450 e. The van der Waals surface area contributed by atoms with Crippen molar-refractivity contribution in [3.05, 3.63) is 54.3 Å². The molecule has 1 aromatic heterocycles. The van der Waals surface area contributed by atoms with Gasteiger partial charge in [0, 0.05) is 36.1 Å². The van der Waals surface area contributed by atoms with Crippen LogP contribution in [0.15, 0.2) is 52.9 Å². The first kappa shape index (κ1) is 22.2. The summed E-state index contributed by atoms with van der Waals surface area (Å²) in [5, 5.41) is 9.46. The monoisotopic (exact) mass is 454 g/mol. The number of carbonyl (C=O) groups excluding carboxylic acids is 2. The molecule has 3 aliphatic heterocycles. The summed E-state index contributed by atoms with van der Waals surface area (Å²) in [6, 6.07) is 15.0. The summed E-state index contributed by atoms with van der Waals surface area (Å²) >= 11 is 0. The molecular weight excluding hydrogens is 428 g/mol. The summed E-state index contributed by atoms with van der Waals surface area (Å²) in [6.07, 6.45) is 2.29. The van der Waals surface area contributed by atoms with Crippen LogP contribution in [0.4, 0.5) is 10.5 Å². The number of rotatable bonds is 4. The van der Waals surface area contributed by atoms with E-state index in [1.165, 1.54) is 0 Å². The topological polar surface area (TPSA) is 86.6 Å². The number of para-hydroxylation sites is 2. The molecule has 168 valence electrons. The molecule has 0 spiro atoms. The fourth-order valence-corrected chi connectivity index (χ4v) is 4.77. The number of halogens is 1. The third kappa shape index (κ3) is 4.18. The van der Waals surface area contributed by atoms with Crippen LogP contribution in [0, 0.1) is 5.92 Å². The third-order valence-electron chi connectivity index (χ3n) is 6.43. The normalized spacial score (nSPS) is 21.6. The molecule has 3 N–H and O–H groups in total. The van der Waals surface area contributed by atoms with E-state index in [1.807, 2.05) is 42.5 Å². The number of carbonyl (C=O) groups is 2. The summed E-state index contributed by atoms with van der Waals surface area (Å²) in [6.45, 7) is 3.18. The maximum atomic E-state index is 13.0. The van der Waals surface area contributed by atoms with Crippen LogP contribution in [0.5, 0.6) is 0 Å². The molecule has 3 amide bonds. The Morgan fingerprint density at radius 1 is 1.03 bits per heavy atom. The SMILES string of the molecule is CNC(=O)Nc1ccccc1-c1cccc2cc(C(=O)N[C@H]3CN4CCC3CC4)oc12.Cl. The Bertz CT molecular complexity index is 1140. The zero-order chi connectivity index (χ0) is 21.4. The molecule has 4 heterocycles.